The van der Waals surface area contributed by atoms with Crippen LogP contribution in [0.15, 0.2) is 30.6 Å². The molecule has 2 heterocycles. The lowest BCUT2D eigenvalue weighted by Gasteiger charge is -2.29. The highest BCUT2D eigenvalue weighted by Crippen LogP contribution is 2.34. The monoisotopic (exact) mass is 375 g/mol. The zero-order valence-electron chi connectivity index (χ0n) is 12.9. The third kappa shape index (κ3) is 4.50. The third-order valence-electron chi connectivity index (χ3n) is 3.79. The Balaban J connectivity index is 1.84. The average molecular weight is 376 g/mol. The minimum atomic E-state index is -4.82. The van der Waals surface area contributed by atoms with E-state index in [4.69, 9.17) is 11.6 Å². The number of rotatable bonds is 3. The smallest absolute Gasteiger partial charge is 0.404 e. The summed E-state index contributed by atoms with van der Waals surface area (Å²) in [6.07, 6.45) is -3.12. The largest absolute Gasteiger partial charge is 0.573 e. The van der Waals surface area contributed by atoms with E-state index in [0.717, 1.165) is 12.5 Å². The van der Waals surface area contributed by atoms with Crippen LogP contribution in [0.5, 0.6) is 5.75 Å². The van der Waals surface area contributed by atoms with Crippen molar-refractivity contribution in [2.24, 2.45) is 0 Å². The normalized spacial score (nSPS) is 18.3. The van der Waals surface area contributed by atoms with E-state index in [1.54, 1.807) is 6.07 Å². The predicted molar refractivity (Wildman–Crippen MR) is 85.5 cm³/mol. The van der Waals surface area contributed by atoms with E-state index >= 15 is 0 Å². The summed E-state index contributed by atoms with van der Waals surface area (Å²) >= 11 is 5.86. The quantitative estimate of drug-likeness (QED) is 0.733. The number of benzene rings is 1. The lowest BCUT2D eigenvalue weighted by Crippen LogP contribution is -2.36. The Morgan fingerprint density at radius 2 is 2.00 bits per heavy atom. The molecule has 0 saturated carbocycles. The van der Waals surface area contributed by atoms with Crippen molar-refractivity contribution in [2.45, 2.75) is 25.4 Å². The van der Waals surface area contributed by atoms with Gasteiger partial charge in [0.15, 0.2) is 0 Å². The van der Waals surface area contributed by atoms with E-state index in [9.17, 15) is 17.6 Å². The van der Waals surface area contributed by atoms with Crippen molar-refractivity contribution in [3.63, 3.8) is 0 Å². The fraction of sp³-hybridized carbons (Fsp3) is 0.375. The first-order valence-electron chi connectivity index (χ1n) is 7.58. The molecular weight excluding hydrogens is 362 g/mol. The molecule has 0 N–H and O–H groups in total. The van der Waals surface area contributed by atoms with Crippen molar-refractivity contribution in [2.75, 3.05) is 18.0 Å². The zero-order chi connectivity index (χ0) is 18.0. The van der Waals surface area contributed by atoms with Crippen molar-refractivity contribution in [3.05, 3.63) is 35.6 Å². The number of halogens is 5. The molecule has 1 aliphatic heterocycles. The van der Waals surface area contributed by atoms with E-state index in [-0.39, 0.29) is 11.6 Å². The molecule has 1 fully saturated rings. The second-order valence-electron chi connectivity index (χ2n) is 5.64. The first kappa shape index (κ1) is 17.7. The van der Waals surface area contributed by atoms with Gasteiger partial charge in [0.05, 0.1) is 17.3 Å². The number of ether oxygens (including phenoxy) is 1. The molecule has 4 nitrogen and oxygen atoms in total. The van der Waals surface area contributed by atoms with Gasteiger partial charge in [0.25, 0.3) is 0 Å². The fourth-order valence-corrected chi connectivity index (χ4v) is 2.90. The summed E-state index contributed by atoms with van der Waals surface area (Å²) in [6, 6.07) is 5.55. The number of nitrogens with zero attached hydrogens (tertiary/aromatic N) is 3. The standard InChI is InChI=1S/C16H14ClF4N3O/c17-12-6-10(3-4-14(12)25-16(19,20)21)13-7-15(23-9-22-13)24-5-1-2-11(18)8-24/h3-4,6-7,9,11H,1-2,5,8H2/t11-/m1/s1. The second kappa shape index (κ2) is 7.03. The molecule has 0 bridgehead atoms. The number of alkyl halides is 4. The van der Waals surface area contributed by atoms with Gasteiger partial charge in [-0.2, -0.15) is 0 Å². The molecule has 2 aromatic rings. The summed E-state index contributed by atoms with van der Waals surface area (Å²) in [5, 5.41) is -0.184. The third-order valence-corrected chi connectivity index (χ3v) is 4.09. The Labute approximate surface area is 146 Å². The number of aromatic nitrogens is 2. The van der Waals surface area contributed by atoms with Gasteiger partial charge in [-0.15, -0.1) is 13.2 Å². The van der Waals surface area contributed by atoms with Crippen LogP contribution in [-0.4, -0.2) is 35.6 Å². The molecule has 3 rings (SSSR count). The van der Waals surface area contributed by atoms with Gasteiger partial charge in [0.1, 0.15) is 24.1 Å². The first-order valence-corrected chi connectivity index (χ1v) is 7.96. The van der Waals surface area contributed by atoms with Crippen LogP contribution in [0.1, 0.15) is 12.8 Å². The van der Waals surface area contributed by atoms with Gasteiger partial charge >= 0.3 is 6.36 Å². The highest BCUT2D eigenvalue weighted by molar-refractivity contribution is 6.32. The van der Waals surface area contributed by atoms with E-state index in [0.29, 0.717) is 30.0 Å². The summed E-state index contributed by atoms with van der Waals surface area (Å²) in [5.74, 6) is 0.0857. The summed E-state index contributed by atoms with van der Waals surface area (Å²) in [4.78, 5) is 10.1. The van der Waals surface area contributed by atoms with Crippen molar-refractivity contribution >= 4 is 17.4 Å². The van der Waals surface area contributed by atoms with Crippen LogP contribution < -0.4 is 9.64 Å². The average Bonchev–Trinajstić information content (AvgIpc) is 2.56. The fourth-order valence-electron chi connectivity index (χ4n) is 2.68. The van der Waals surface area contributed by atoms with Crippen LogP contribution in [0.4, 0.5) is 23.4 Å². The predicted octanol–water partition coefficient (Wildman–Crippen LogP) is 4.63. The van der Waals surface area contributed by atoms with Crippen LogP contribution in [0, 0.1) is 0 Å². The Morgan fingerprint density at radius 1 is 1.20 bits per heavy atom. The Bertz CT molecular complexity index is 756. The second-order valence-corrected chi connectivity index (χ2v) is 6.05. The Hall–Kier alpha value is -2.09. The maximum Gasteiger partial charge on any atom is 0.573 e. The molecule has 9 heteroatoms. The van der Waals surface area contributed by atoms with Crippen molar-refractivity contribution in [3.8, 4) is 17.0 Å². The maximum atomic E-state index is 13.6. The Morgan fingerprint density at radius 3 is 2.68 bits per heavy atom. The molecule has 1 aromatic carbocycles. The van der Waals surface area contributed by atoms with E-state index < -0.39 is 18.3 Å². The van der Waals surface area contributed by atoms with Gasteiger partial charge < -0.3 is 9.64 Å². The number of piperidine rings is 1. The van der Waals surface area contributed by atoms with Crippen LogP contribution in [0.2, 0.25) is 5.02 Å². The molecule has 0 spiro atoms. The molecule has 1 atom stereocenters. The highest BCUT2D eigenvalue weighted by Gasteiger charge is 2.32. The van der Waals surface area contributed by atoms with Gasteiger partial charge in [0.2, 0.25) is 0 Å². The van der Waals surface area contributed by atoms with E-state index in [1.165, 1.54) is 18.5 Å². The highest BCUT2D eigenvalue weighted by atomic mass is 35.5. The van der Waals surface area contributed by atoms with Gasteiger partial charge in [-0.3, -0.25) is 0 Å². The Kier molecular flexibility index (Phi) is 4.99. The van der Waals surface area contributed by atoms with Crippen molar-refractivity contribution < 1.29 is 22.3 Å². The molecular formula is C16H14ClF4N3O. The summed E-state index contributed by atoms with van der Waals surface area (Å²) in [6.45, 7) is 0.950. The minimum Gasteiger partial charge on any atom is -0.404 e. The van der Waals surface area contributed by atoms with Gasteiger partial charge in [-0.25, -0.2) is 14.4 Å². The van der Waals surface area contributed by atoms with E-state index in [1.807, 2.05) is 4.90 Å². The van der Waals surface area contributed by atoms with E-state index in [2.05, 4.69) is 14.7 Å². The SMILES string of the molecule is F[C@@H]1CCCN(c2cc(-c3ccc(OC(F)(F)F)c(Cl)c3)ncn2)C1. The number of hydrogen-bond acceptors (Lipinski definition) is 4. The van der Waals surface area contributed by atoms with Crippen LogP contribution in [-0.2, 0) is 0 Å². The molecule has 1 aliphatic rings. The maximum absolute atomic E-state index is 13.6. The molecule has 25 heavy (non-hydrogen) atoms. The lowest BCUT2D eigenvalue weighted by atomic mass is 10.1. The minimum absolute atomic E-state index is 0.184. The number of anilines is 1. The molecule has 134 valence electrons. The van der Waals surface area contributed by atoms with Crippen LogP contribution in [0.25, 0.3) is 11.3 Å². The van der Waals surface area contributed by atoms with Crippen molar-refractivity contribution in [1.82, 2.24) is 9.97 Å². The number of hydrogen-bond donors (Lipinski definition) is 0. The lowest BCUT2D eigenvalue weighted by molar-refractivity contribution is -0.274. The molecule has 0 aliphatic carbocycles. The summed E-state index contributed by atoms with van der Waals surface area (Å²) in [7, 11) is 0. The molecule has 1 saturated heterocycles. The van der Waals surface area contributed by atoms with Gasteiger partial charge in [-0.1, -0.05) is 11.6 Å². The summed E-state index contributed by atoms with van der Waals surface area (Å²) < 4.78 is 54.3. The van der Waals surface area contributed by atoms with Crippen LogP contribution >= 0.6 is 11.6 Å². The molecule has 0 unspecified atom stereocenters. The molecule has 0 amide bonds. The molecule has 0 radical (unpaired) electrons. The van der Waals surface area contributed by atoms with Gasteiger partial charge in [0, 0.05) is 18.2 Å². The van der Waals surface area contributed by atoms with Gasteiger partial charge in [-0.05, 0) is 31.0 Å². The molecule has 1 aromatic heterocycles. The van der Waals surface area contributed by atoms with Crippen LogP contribution in [0.3, 0.4) is 0 Å². The zero-order valence-corrected chi connectivity index (χ0v) is 13.7. The van der Waals surface area contributed by atoms with Crippen molar-refractivity contribution in [1.29, 1.82) is 0 Å². The first-order chi connectivity index (χ1) is 11.8. The topological polar surface area (TPSA) is 38.2 Å². The summed E-state index contributed by atoms with van der Waals surface area (Å²) in [5.41, 5.74) is 0.989.